The van der Waals surface area contributed by atoms with Crippen LogP contribution in [-0.4, -0.2) is 39.7 Å². The van der Waals surface area contributed by atoms with Gasteiger partial charge in [-0.05, 0) is 63.9 Å². The van der Waals surface area contributed by atoms with Gasteiger partial charge in [0, 0.05) is 15.6 Å². The van der Waals surface area contributed by atoms with E-state index in [2.05, 4.69) is 37.0 Å². The van der Waals surface area contributed by atoms with E-state index in [1.54, 1.807) is 31.2 Å². The van der Waals surface area contributed by atoms with Gasteiger partial charge in [-0.3, -0.25) is 4.79 Å². The Balaban J connectivity index is 1.86. The maximum atomic E-state index is 13.4. The molecule has 4 aromatic rings. The molecule has 1 N–H and O–H groups in total. The van der Waals surface area contributed by atoms with Crippen LogP contribution in [0.3, 0.4) is 0 Å². The lowest BCUT2D eigenvalue weighted by atomic mass is 10.2. The third-order valence-electron chi connectivity index (χ3n) is 5.20. The van der Waals surface area contributed by atoms with Crippen molar-refractivity contribution in [3.8, 4) is 22.9 Å². The normalized spacial score (nSPS) is 12.1. The summed E-state index contributed by atoms with van der Waals surface area (Å²) < 4.78 is 13.6. The van der Waals surface area contributed by atoms with Crippen LogP contribution in [0, 0.1) is 0 Å². The van der Waals surface area contributed by atoms with E-state index in [4.69, 9.17) is 14.5 Å². The molecule has 1 aromatic heterocycles. The second-order valence-corrected chi connectivity index (χ2v) is 9.22. The summed E-state index contributed by atoms with van der Waals surface area (Å²) in [6.45, 7) is 3.56. The number of carboxylic acid groups (broad SMARTS) is 1. The number of halogens is 2. The molecule has 0 spiro atoms. The maximum Gasteiger partial charge on any atom is 0.344 e. The Hall–Kier alpha value is -3.50. The predicted molar refractivity (Wildman–Crippen MR) is 145 cm³/mol. The fraction of sp³-hybridized carbons (Fsp3) is 0.154. The number of aromatic nitrogens is 2. The highest BCUT2D eigenvalue weighted by molar-refractivity contribution is 9.13. The third kappa shape index (κ3) is 5.19. The van der Waals surface area contributed by atoms with Gasteiger partial charge in [0.05, 0.1) is 28.2 Å². The third-order valence-corrected chi connectivity index (χ3v) is 7.34. The lowest BCUT2D eigenvalue weighted by molar-refractivity contribution is -0.144. The van der Waals surface area contributed by atoms with E-state index in [9.17, 15) is 14.7 Å². The number of hydrogen-bond donors (Lipinski definition) is 1. The van der Waals surface area contributed by atoms with E-state index in [1.807, 2.05) is 36.4 Å². The van der Waals surface area contributed by atoms with Crippen molar-refractivity contribution in [2.45, 2.75) is 20.0 Å². The van der Waals surface area contributed by atoms with Crippen LogP contribution in [0.4, 0.5) is 0 Å². The molecule has 1 atom stereocenters. The SMILES string of the molecule is CCOc1cc(C=Nn2c(-c3ccccc3)nc3ccccc3c2=O)c(Br)c(Br)c1O[C@@H](C)C(=O)O. The quantitative estimate of drug-likeness (QED) is 0.255. The van der Waals surface area contributed by atoms with Gasteiger partial charge < -0.3 is 14.6 Å². The fourth-order valence-electron chi connectivity index (χ4n) is 3.42. The van der Waals surface area contributed by atoms with Gasteiger partial charge >= 0.3 is 5.97 Å². The van der Waals surface area contributed by atoms with Crippen molar-refractivity contribution in [2.24, 2.45) is 5.10 Å². The van der Waals surface area contributed by atoms with Gasteiger partial charge in [0.1, 0.15) is 0 Å². The van der Waals surface area contributed by atoms with Crippen molar-refractivity contribution < 1.29 is 19.4 Å². The van der Waals surface area contributed by atoms with Crippen molar-refractivity contribution in [1.82, 2.24) is 9.66 Å². The van der Waals surface area contributed by atoms with Crippen LogP contribution in [0.2, 0.25) is 0 Å². The Kier molecular flexibility index (Phi) is 7.85. The van der Waals surface area contributed by atoms with E-state index in [0.717, 1.165) is 5.56 Å². The zero-order valence-corrected chi connectivity index (χ0v) is 22.5. The summed E-state index contributed by atoms with van der Waals surface area (Å²) in [5.41, 5.74) is 1.56. The van der Waals surface area contributed by atoms with Crippen LogP contribution in [0.5, 0.6) is 11.5 Å². The number of ether oxygens (including phenoxy) is 2. The Bertz CT molecular complexity index is 1520. The van der Waals surface area contributed by atoms with Crippen LogP contribution in [0.15, 0.2) is 79.5 Å². The first-order valence-corrected chi connectivity index (χ1v) is 12.6. The molecule has 0 bridgehead atoms. The molecule has 0 aliphatic carbocycles. The summed E-state index contributed by atoms with van der Waals surface area (Å²) in [7, 11) is 0. The maximum absolute atomic E-state index is 13.4. The van der Waals surface area contributed by atoms with E-state index in [1.165, 1.54) is 17.8 Å². The number of benzene rings is 3. The van der Waals surface area contributed by atoms with E-state index >= 15 is 0 Å². The molecular weight excluding hydrogens is 594 g/mol. The molecule has 0 saturated carbocycles. The average Bonchev–Trinajstić information content (AvgIpc) is 2.88. The molecule has 3 aromatic carbocycles. The number of rotatable bonds is 8. The van der Waals surface area contributed by atoms with Gasteiger partial charge in [-0.15, -0.1) is 0 Å². The number of fused-ring (bicyclic) bond motifs is 1. The second kappa shape index (κ2) is 11.0. The highest BCUT2D eigenvalue weighted by atomic mass is 79.9. The standard InChI is InChI=1S/C26H21Br2N3O5/c1-3-35-20-13-17(21(27)22(28)23(20)36-15(2)26(33)34)14-29-31-24(16-9-5-4-6-10-16)30-19-12-8-7-11-18(19)25(31)32/h4-15H,3H2,1-2H3,(H,33,34)/t15-/m0/s1. The zero-order valence-electron chi connectivity index (χ0n) is 19.3. The number of nitrogens with zero attached hydrogens (tertiary/aromatic N) is 3. The van der Waals surface area contributed by atoms with Gasteiger partial charge in [-0.1, -0.05) is 42.5 Å². The molecule has 8 nitrogen and oxygen atoms in total. The fourth-order valence-corrected chi connectivity index (χ4v) is 4.34. The summed E-state index contributed by atoms with van der Waals surface area (Å²) in [5.74, 6) is -0.145. The van der Waals surface area contributed by atoms with Crippen molar-refractivity contribution in [3.05, 3.63) is 85.5 Å². The van der Waals surface area contributed by atoms with Gasteiger partial charge in [0.2, 0.25) is 0 Å². The first-order chi connectivity index (χ1) is 17.3. The molecule has 0 radical (unpaired) electrons. The average molecular weight is 615 g/mol. The summed E-state index contributed by atoms with van der Waals surface area (Å²) in [4.78, 5) is 29.4. The molecule has 10 heteroatoms. The van der Waals surface area contributed by atoms with Crippen molar-refractivity contribution in [2.75, 3.05) is 6.61 Å². The first-order valence-electron chi connectivity index (χ1n) is 11.0. The highest BCUT2D eigenvalue weighted by Crippen LogP contribution is 2.43. The highest BCUT2D eigenvalue weighted by Gasteiger charge is 2.22. The molecule has 0 unspecified atom stereocenters. The van der Waals surface area contributed by atoms with Gasteiger partial charge in [-0.25, -0.2) is 9.78 Å². The second-order valence-electron chi connectivity index (χ2n) is 7.63. The molecule has 0 saturated heterocycles. The molecule has 184 valence electrons. The lowest BCUT2D eigenvalue weighted by Crippen LogP contribution is -2.23. The minimum absolute atomic E-state index is 0.241. The number of para-hydroxylation sites is 1. The molecule has 0 aliphatic rings. The topological polar surface area (TPSA) is 103 Å². The van der Waals surface area contributed by atoms with Crippen LogP contribution in [-0.2, 0) is 4.79 Å². The van der Waals surface area contributed by atoms with E-state index in [0.29, 0.717) is 43.6 Å². The summed E-state index contributed by atoms with van der Waals surface area (Å²) >= 11 is 6.98. The molecule has 0 amide bonds. The lowest BCUT2D eigenvalue weighted by Gasteiger charge is -2.18. The Morgan fingerprint density at radius 3 is 2.53 bits per heavy atom. The summed E-state index contributed by atoms with van der Waals surface area (Å²) in [6.07, 6.45) is 0.411. The molecule has 4 rings (SSSR count). The predicted octanol–water partition coefficient (Wildman–Crippen LogP) is 5.72. The van der Waals surface area contributed by atoms with E-state index < -0.39 is 12.1 Å². The van der Waals surface area contributed by atoms with Crippen LogP contribution in [0.1, 0.15) is 19.4 Å². The van der Waals surface area contributed by atoms with Crippen molar-refractivity contribution in [1.29, 1.82) is 0 Å². The number of carbonyl (C=O) groups is 1. The molecule has 36 heavy (non-hydrogen) atoms. The minimum atomic E-state index is -1.11. The van der Waals surface area contributed by atoms with Gasteiger partial charge in [0.25, 0.3) is 5.56 Å². The van der Waals surface area contributed by atoms with Crippen LogP contribution >= 0.6 is 31.9 Å². The van der Waals surface area contributed by atoms with E-state index in [-0.39, 0.29) is 11.3 Å². The summed E-state index contributed by atoms with van der Waals surface area (Å²) in [5, 5.41) is 14.2. The van der Waals surface area contributed by atoms with Gasteiger partial charge in [0.15, 0.2) is 23.4 Å². The summed E-state index contributed by atoms with van der Waals surface area (Å²) in [6, 6.07) is 18.1. The number of aliphatic carboxylic acids is 1. The van der Waals surface area contributed by atoms with Gasteiger partial charge in [-0.2, -0.15) is 9.78 Å². The first kappa shape index (κ1) is 25.6. The van der Waals surface area contributed by atoms with Crippen molar-refractivity contribution >= 4 is 54.9 Å². The minimum Gasteiger partial charge on any atom is -0.490 e. The Labute approximate surface area is 223 Å². The zero-order chi connectivity index (χ0) is 25.8. The number of hydrogen-bond acceptors (Lipinski definition) is 6. The number of carboxylic acids is 1. The molecular formula is C26H21Br2N3O5. The Morgan fingerprint density at radius 2 is 1.83 bits per heavy atom. The van der Waals surface area contributed by atoms with Crippen LogP contribution < -0.4 is 15.0 Å². The molecule has 1 heterocycles. The smallest absolute Gasteiger partial charge is 0.344 e. The van der Waals surface area contributed by atoms with Crippen LogP contribution in [0.25, 0.3) is 22.3 Å². The monoisotopic (exact) mass is 613 g/mol. The molecule has 0 fully saturated rings. The Morgan fingerprint density at radius 1 is 1.14 bits per heavy atom. The van der Waals surface area contributed by atoms with Crippen molar-refractivity contribution in [3.63, 3.8) is 0 Å². The molecule has 0 aliphatic heterocycles. The largest absolute Gasteiger partial charge is 0.490 e.